The maximum Gasteiger partial charge on any atom is 0.270 e. The van der Waals surface area contributed by atoms with Gasteiger partial charge in [-0.25, -0.2) is 0 Å². The standard InChI is InChI=1S/C16H16N4O5S/c1-24-14-6-3-11(8-15(14)25-2)18-16(26)19-17-9-10-7-12(20(22)23)4-5-13(10)21/h3-9,21H,1-2H3,(H2,18,19,26)/b17-9-. The highest BCUT2D eigenvalue weighted by atomic mass is 32.1. The second-order valence-corrected chi connectivity index (χ2v) is 5.30. The summed E-state index contributed by atoms with van der Waals surface area (Å²) >= 11 is 5.11. The molecule has 0 unspecified atom stereocenters. The summed E-state index contributed by atoms with van der Waals surface area (Å²) in [6.45, 7) is 0. The number of non-ortho nitro benzene ring substituents is 1. The fourth-order valence-corrected chi connectivity index (χ4v) is 2.16. The Morgan fingerprint density at radius 1 is 1.23 bits per heavy atom. The summed E-state index contributed by atoms with van der Waals surface area (Å²) in [6, 6.07) is 8.77. The van der Waals surface area contributed by atoms with Gasteiger partial charge in [0.2, 0.25) is 0 Å². The first-order valence-corrected chi connectivity index (χ1v) is 7.65. The van der Waals surface area contributed by atoms with Gasteiger partial charge < -0.3 is 19.9 Å². The Bertz CT molecular complexity index is 857. The molecule has 0 fully saturated rings. The number of hydrogen-bond donors (Lipinski definition) is 3. The molecular formula is C16H16N4O5S. The Kier molecular flexibility index (Phi) is 6.28. The molecule has 2 aromatic rings. The lowest BCUT2D eigenvalue weighted by Crippen LogP contribution is -2.23. The molecule has 0 amide bonds. The van der Waals surface area contributed by atoms with E-state index in [1.165, 1.54) is 38.6 Å². The molecular weight excluding hydrogens is 360 g/mol. The fraction of sp³-hybridized carbons (Fsp3) is 0.125. The van der Waals surface area contributed by atoms with Crippen molar-refractivity contribution in [2.45, 2.75) is 0 Å². The highest BCUT2D eigenvalue weighted by molar-refractivity contribution is 7.80. The van der Waals surface area contributed by atoms with E-state index in [0.717, 1.165) is 0 Å². The molecule has 0 atom stereocenters. The van der Waals surface area contributed by atoms with Crippen LogP contribution in [0.1, 0.15) is 5.56 Å². The van der Waals surface area contributed by atoms with Crippen molar-refractivity contribution >= 4 is 34.9 Å². The van der Waals surface area contributed by atoms with Gasteiger partial charge in [-0.15, -0.1) is 0 Å². The van der Waals surface area contributed by atoms with Gasteiger partial charge in [0, 0.05) is 29.4 Å². The molecule has 136 valence electrons. The molecule has 10 heteroatoms. The summed E-state index contributed by atoms with van der Waals surface area (Å²) in [5, 5.41) is 27.4. The summed E-state index contributed by atoms with van der Waals surface area (Å²) in [7, 11) is 3.06. The van der Waals surface area contributed by atoms with E-state index in [2.05, 4.69) is 15.8 Å². The zero-order chi connectivity index (χ0) is 19.1. The van der Waals surface area contributed by atoms with Crippen molar-refractivity contribution in [3.8, 4) is 17.2 Å². The molecule has 0 aliphatic heterocycles. The number of aromatic hydroxyl groups is 1. The van der Waals surface area contributed by atoms with E-state index in [1.54, 1.807) is 18.2 Å². The van der Waals surface area contributed by atoms with Crippen LogP contribution in [0, 0.1) is 10.1 Å². The molecule has 0 saturated carbocycles. The lowest BCUT2D eigenvalue weighted by Gasteiger charge is -2.11. The number of thiocarbonyl (C=S) groups is 1. The highest BCUT2D eigenvalue weighted by Gasteiger charge is 2.09. The number of nitro groups is 1. The predicted octanol–water partition coefficient (Wildman–Crippen LogP) is 2.64. The molecule has 0 spiro atoms. The minimum Gasteiger partial charge on any atom is -0.507 e. The number of nitro benzene ring substituents is 1. The number of hydrazone groups is 1. The summed E-state index contributed by atoms with van der Waals surface area (Å²) in [5.41, 5.74) is 3.23. The van der Waals surface area contributed by atoms with Gasteiger partial charge >= 0.3 is 0 Å². The van der Waals surface area contributed by atoms with Crippen LogP contribution < -0.4 is 20.2 Å². The number of hydrogen-bond acceptors (Lipinski definition) is 7. The van der Waals surface area contributed by atoms with Crippen LogP contribution in [0.15, 0.2) is 41.5 Å². The quantitative estimate of drug-likeness (QED) is 0.305. The van der Waals surface area contributed by atoms with Crippen molar-refractivity contribution in [3.05, 3.63) is 52.1 Å². The topological polar surface area (TPSA) is 118 Å². The number of nitrogens with one attached hydrogen (secondary N) is 2. The first-order chi connectivity index (χ1) is 12.4. The SMILES string of the molecule is COc1ccc(NC(=S)N/N=C\c2cc([N+](=O)[O-])ccc2O)cc1OC. The second-order valence-electron chi connectivity index (χ2n) is 4.89. The normalized spacial score (nSPS) is 10.4. The Morgan fingerprint density at radius 3 is 2.62 bits per heavy atom. The number of phenolic OH excluding ortho intramolecular Hbond substituents is 1. The third-order valence-corrected chi connectivity index (χ3v) is 3.43. The maximum atomic E-state index is 10.8. The van der Waals surface area contributed by atoms with Gasteiger partial charge in [0.25, 0.3) is 5.69 Å². The minimum absolute atomic E-state index is 0.139. The number of benzene rings is 2. The third-order valence-electron chi connectivity index (χ3n) is 3.23. The van der Waals surface area contributed by atoms with Crippen molar-refractivity contribution in [1.82, 2.24) is 5.43 Å². The lowest BCUT2D eigenvalue weighted by atomic mass is 10.2. The van der Waals surface area contributed by atoms with Gasteiger partial charge in [-0.05, 0) is 30.4 Å². The molecule has 26 heavy (non-hydrogen) atoms. The van der Waals surface area contributed by atoms with Gasteiger partial charge in [0.05, 0.1) is 25.4 Å². The van der Waals surface area contributed by atoms with E-state index >= 15 is 0 Å². The summed E-state index contributed by atoms with van der Waals surface area (Å²) in [5.74, 6) is 0.973. The van der Waals surface area contributed by atoms with Crippen LogP contribution in [0.3, 0.4) is 0 Å². The number of rotatable bonds is 6. The smallest absolute Gasteiger partial charge is 0.270 e. The summed E-state index contributed by atoms with van der Waals surface area (Å²) in [4.78, 5) is 10.2. The average molecular weight is 376 g/mol. The minimum atomic E-state index is -0.562. The number of methoxy groups -OCH3 is 2. The van der Waals surface area contributed by atoms with Gasteiger partial charge in [0.1, 0.15) is 5.75 Å². The average Bonchev–Trinajstić information content (AvgIpc) is 2.62. The molecule has 0 bridgehead atoms. The molecule has 0 radical (unpaired) electrons. The molecule has 0 aliphatic rings. The molecule has 0 saturated heterocycles. The monoisotopic (exact) mass is 376 g/mol. The predicted molar refractivity (Wildman–Crippen MR) is 101 cm³/mol. The maximum absolute atomic E-state index is 10.8. The highest BCUT2D eigenvalue weighted by Crippen LogP contribution is 2.29. The Hall–Kier alpha value is -3.40. The molecule has 2 rings (SSSR count). The van der Waals surface area contributed by atoms with Crippen LogP contribution in [0.2, 0.25) is 0 Å². The van der Waals surface area contributed by atoms with E-state index < -0.39 is 4.92 Å². The first-order valence-electron chi connectivity index (χ1n) is 7.24. The molecule has 3 N–H and O–H groups in total. The van der Waals surface area contributed by atoms with Crippen molar-refractivity contribution in [2.24, 2.45) is 5.10 Å². The van der Waals surface area contributed by atoms with Crippen molar-refractivity contribution in [1.29, 1.82) is 0 Å². The van der Waals surface area contributed by atoms with Crippen LogP contribution in [-0.4, -0.2) is 35.6 Å². The van der Waals surface area contributed by atoms with E-state index in [4.69, 9.17) is 21.7 Å². The van der Waals surface area contributed by atoms with E-state index in [1.807, 2.05) is 0 Å². The summed E-state index contributed by atoms with van der Waals surface area (Å²) in [6.07, 6.45) is 1.23. The molecule has 9 nitrogen and oxygen atoms in total. The van der Waals surface area contributed by atoms with Crippen molar-refractivity contribution in [3.63, 3.8) is 0 Å². The zero-order valence-electron chi connectivity index (χ0n) is 13.9. The number of nitrogens with zero attached hydrogens (tertiary/aromatic N) is 2. The Labute approximate surface area is 154 Å². The first kappa shape index (κ1) is 18.9. The largest absolute Gasteiger partial charge is 0.507 e. The lowest BCUT2D eigenvalue weighted by molar-refractivity contribution is -0.384. The van der Waals surface area contributed by atoms with Crippen LogP contribution >= 0.6 is 12.2 Å². The Morgan fingerprint density at radius 2 is 1.96 bits per heavy atom. The van der Waals surface area contributed by atoms with Gasteiger partial charge in [-0.1, -0.05) is 0 Å². The van der Waals surface area contributed by atoms with Crippen molar-refractivity contribution in [2.75, 3.05) is 19.5 Å². The van der Waals surface area contributed by atoms with Gasteiger partial charge in [-0.2, -0.15) is 5.10 Å². The molecule has 0 aliphatic carbocycles. The molecule has 2 aromatic carbocycles. The number of phenols is 1. The van der Waals surface area contributed by atoms with Gasteiger partial charge in [-0.3, -0.25) is 15.5 Å². The second kappa shape index (κ2) is 8.62. The van der Waals surface area contributed by atoms with Crippen LogP contribution in [0.25, 0.3) is 0 Å². The molecule has 0 aromatic heterocycles. The van der Waals surface area contributed by atoms with Crippen LogP contribution in [0.4, 0.5) is 11.4 Å². The van der Waals surface area contributed by atoms with E-state index in [9.17, 15) is 15.2 Å². The Balaban J connectivity index is 2.02. The zero-order valence-corrected chi connectivity index (χ0v) is 14.7. The van der Waals surface area contributed by atoms with E-state index in [0.29, 0.717) is 17.2 Å². The number of ether oxygens (including phenoxy) is 2. The van der Waals surface area contributed by atoms with E-state index in [-0.39, 0.29) is 22.1 Å². The number of anilines is 1. The fourth-order valence-electron chi connectivity index (χ4n) is 1.99. The van der Waals surface area contributed by atoms with Crippen LogP contribution in [-0.2, 0) is 0 Å². The van der Waals surface area contributed by atoms with Gasteiger partial charge in [0.15, 0.2) is 16.6 Å². The van der Waals surface area contributed by atoms with Crippen LogP contribution in [0.5, 0.6) is 17.2 Å². The van der Waals surface area contributed by atoms with Crippen molar-refractivity contribution < 1.29 is 19.5 Å². The molecule has 0 heterocycles. The third kappa shape index (κ3) is 4.80. The summed E-state index contributed by atoms with van der Waals surface area (Å²) < 4.78 is 10.4.